The van der Waals surface area contributed by atoms with Crippen LogP contribution < -0.4 is 0 Å². The van der Waals surface area contributed by atoms with Crippen LogP contribution in [0, 0.1) is 11.8 Å². The van der Waals surface area contributed by atoms with Gasteiger partial charge in [0.25, 0.3) is 0 Å². The fourth-order valence-electron chi connectivity index (χ4n) is 0.935. The minimum atomic E-state index is -0.962. The smallest absolute Gasteiger partial charge is 0.336 e. The summed E-state index contributed by atoms with van der Waals surface area (Å²) in [6, 6.07) is 4.91. The van der Waals surface area contributed by atoms with Gasteiger partial charge >= 0.3 is 5.97 Å². The van der Waals surface area contributed by atoms with Crippen LogP contribution in [0.1, 0.15) is 15.9 Å². The summed E-state index contributed by atoms with van der Waals surface area (Å²) in [6.45, 7) is 0. The normalized spacial score (nSPS) is 9.00. The molecule has 0 saturated carbocycles. The van der Waals surface area contributed by atoms with Gasteiger partial charge in [-0.2, -0.15) is 0 Å². The highest BCUT2D eigenvalue weighted by molar-refractivity contribution is 9.10. The Hall–Kier alpha value is -0.790. The molecule has 0 amide bonds. The minimum Gasteiger partial charge on any atom is -0.478 e. The van der Waals surface area contributed by atoms with Gasteiger partial charge in [0.15, 0.2) is 0 Å². The van der Waals surface area contributed by atoms with Crippen LogP contribution >= 0.6 is 31.9 Å². The van der Waals surface area contributed by atoms with E-state index in [0.29, 0.717) is 10.9 Å². The minimum absolute atomic E-state index is 0.224. The molecule has 0 bridgehead atoms. The van der Waals surface area contributed by atoms with E-state index < -0.39 is 5.97 Å². The fraction of sp³-hybridized carbons (Fsp3) is 0.100. The van der Waals surface area contributed by atoms with Gasteiger partial charge in [-0.25, -0.2) is 4.79 Å². The van der Waals surface area contributed by atoms with Crippen molar-refractivity contribution in [3.8, 4) is 11.8 Å². The van der Waals surface area contributed by atoms with Crippen LogP contribution in [0.4, 0.5) is 0 Å². The zero-order valence-electron chi connectivity index (χ0n) is 7.05. The van der Waals surface area contributed by atoms with Crippen molar-refractivity contribution in [3.63, 3.8) is 0 Å². The van der Waals surface area contributed by atoms with E-state index in [1.165, 1.54) is 6.07 Å². The lowest BCUT2D eigenvalue weighted by Gasteiger charge is -1.99. The summed E-state index contributed by atoms with van der Waals surface area (Å²) in [6.07, 6.45) is 0. The van der Waals surface area contributed by atoms with Crippen LogP contribution in [-0.2, 0) is 0 Å². The molecule has 0 unspecified atom stereocenters. The largest absolute Gasteiger partial charge is 0.478 e. The molecule has 0 spiro atoms. The molecule has 2 nitrogen and oxygen atoms in total. The molecule has 4 heteroatoms. The zero-order valence-corrected chi connectivity index (χ0v) is 10.2. The number of hydrogen-bond acceptors (Lipinski definition) is 1. The van der Waals surface area contributed by atoms with Crippen molar-refractivity contribution in [2.45, 2.75) is 0 Å². The Balaban J connectivity index is 3.22. The molecule has 1 rings (SSSR count). The SMILES string of the molecule is O=C(O)c1ccc(Br)cc1C#CCBr. The highest BCUT2D eigenvalue weighted by Gasteiger charge is 2.07. The van der Waals surface area contributed by atoms with E-state index in [2.05, 4.69) is 43.7 Å². The summed E-state index contributed by atoms with van der Waals surface area (Å²) >= 11 is 6.42. The molecule has 0 saturated heterocycles. The second-order valence-electron chi connectivity index (χ2n) is 2.43. The second kappa shape index (κ2) is 5.18. The molecular formula is C10H6Br2O2. The average Bonchev–Trinajstić information content (AvgIpc) is 2.14. The molecule has 14 heavy (non-hydrogen) atoms. The van der Waals surface area contributed by atoms with E-state index in [0.717, 1.165) is 4.47 Å². The molecule has 0 aliphatic heterocycles. The third kappa shape index (κ3) is 2.86. The number of benzene rings is 1. The van der Waals surface area contributed by atoms with Crippen LogP contribution in [-0.4, -0.2) is 16.4 Å². The number of carbonyl (C=O) groups is 1. The van der Waals surface area contributed by atoms with Crippen molar-refractivity contribution in [2.75, 3.05) is 5.33 Å². The van der Waals surface area contributed by atoms with Gasteiger partial charge in [-0.15, -0.1) is 0 Å². The Kier molecular flexibility index (Phi) is 4.18. The van der Waals surface area contributed by atoms with Crippen molar-refractivity contribution in [1.82, 2.24) is 0 Å². The van der Waals surface area contributed by atoms with Crippen molar-refractivity contribution in [2.24, 2.45) is 0 Å². The van der Waals surface area contributed by atoms with Crippen molar-refractivity contribution < 1.29 is 9.90 Å². The van der Waals surface area contributed by atoms with Crippen LogP contribution in [0.2, 0.25) is 0 Å². The van der Waals surface area contributed by atoms with Gasteiger partial charge < -0.3 is 5.11 Å². The molecule has 0 aliphatic carbocycles. The Bertz CT molecular complexity index is 416. The molecule has 1 aromatic rings. The molecule has 0 aromatic heterocycles. The van der Waals surface area contributed by atoms with Crippen LogP contribution in [0.25, 0.3) is 0 Å². The molecule has 0 fully saturated rings. The van der Waals surface area contributed by atoms with E-state index in [1.807, 2.05) is 0 Å². The predicted molar refractivity (Wildman–Crippen MR) is 61.8 cm³/mol. The first-order chi connectivity index (χ1) is 6.65. The maximum Gasteiger partial charge on any atom is 0.336 e. The molecule has 1 aromatic carbocycles. The first kappa shape index (κ1) is 11.3. The number of hydrogen-bond donors (Lipinski definition) is 1. The highest BCUT2D eigenvalue weighted by atomic mass is 79.9. The fourth-order valence-corrected chi connectivity index (χ4v) is 1.44. The number of alkyl halides is 1. The first-order valence-corrected chi connectivity index (χ1v) is 5.64. The van der Waals surface area contributed by atoms with E-state index in [4.69, 9.17) is 5.11 Å². The molecule has 0 aliphatic rings. The Morgan fingerprint density at radius 1 is 1.50 bits per heavy atom. The number of rotatable bonds is 1. The van der Waals surface area contributed by atoms with Crippen molar-refractivity contribution in [3.05, 3.63) is 33.8 Å². The van der Waals surface area contributed by atoms with E-state index >= 15 is 0 Å². The number of carboxylic acids is 1. The highest BCUT2D eigenvalue weighted by Crippen LogP contribution is 2.15. The Morgan fingerprint density at radius 3 is 2.79 bits per heavy atom. The summed E-state index contributed by atoms with van der Waals surface area (Å²) in [5.74, 6) is 4.59. The quantitative estimate of drug-likeness (QED) is 0.639. The average molecular weight is 318 g/mol. The summed E-state index contributed by atoms with van der Waals surface area (Å²) < 4.78 is 0.821. The maximum absolute atomic E-state index is 10.8. The van der Waals surface area contributed by atoms with Gasteiger partial charge in [0.05, 0.1) is 10.9 Å². The Labute approximate surface area is 98.6 Å². The van der Waals surface area contributed by atoms with Gasteiger partial charge in [-0.05, 0) is 18.2 Å². The van der Waals surface area contributed by atoms with Crippen molar-refractivity contribution in [1.29, 1.82) is 0 Å². The summed E-state index contributed by atoms with van der Waals surface area (Å²) in [4.78, 5) is 10.8. The lowest BCUT2D eigenvalue weighted by atomic mass is 10.1. The molecular weight excluding hydrogens is 312 g/mol. The van der Waals surface area contributed by atoms with Gasteiger partial charge in [-0.1, -0.05) is 43.7 Å². The van der Waals surface area contributed by atoms with Crippen LogP contribution in [0.3, 0.4) is 0 Å². The summed E-state index contributed by atoms with van der Waals surface area (Å²) in [5, 5.41) is 9.39. The van der Waals surface area contributed by atoms with Crippen LogP contribution in [0.5, 0.6) is 0 Å². The third-order valence-electron chi connectivity index (χ3n) is 1.50. The molecule has 0 heterocycles. The van der Waals surface area contributed by atoms with Gasteiger partial charge in [0.2, 0.25) is 0 Å². The second-order valence-corrected chi connectivity index (χ2v) is 3.91. The molecule has 0 radical (unpaired) electrons. The van der Waals surface area contributed by atoms with E-state index in [9.17, 15) is 4.79 Å². The number of halogens is 2. The number of carboxylic acid groups (broad SMARTS) is 1. The van der Waals surface area contributed by atoms with E-state index in [1.54, 1.807) is 12.1 Å². The predicted octanol–water partition coefficient (Wildman–Crippen LogP) is 2.89. The zero-order chi connectivity index (χ0) is 10.6. The van der Waals surface area contributed by atoms with E-state index in [-0.39, 0.29) is 5.56 Å². The molecule has 0 atom stereocenters. The van der Waals surface area contributed by atoms with Gasteiger partial charge in [0.1, 0.15) is 0 Å². The third-order valence-corrected chi connectivity index (χ3v) is 2.28. The van der Waals surface area contributed by atoms with Gasteiger partial charge in [0, 0.05) is 10.0 Å². The lowest BCUT2D eigenvalue weighted by molar-refractivity contribution is 0.0696. The topological polar surface area (TPSA) is 37.3 Å². The van der Waals surface area contributed by atoms with Crippen molar-refractivity contribution >= 4 is 37.8 Å². The monoisotopic (exact) mass is 316 g/mol. The molecule has 1 N–H and O–H groups in total. The standard InChI is InChI=1S/C10H6Br2O2/c11-5-1-2-7-6-8(12)3-4-9(7)10(13)14/h3-4,6H,5H2,(H,13,14). The maximum atomic E-state index is 10.8. The van der Waals surface area contributed by atoms with Gasteiger partial charge in [-0.3, -0.25) is 0 Å². The molecule has 72 valence electrons. The Morgan fingerprint density at radius 2 is 2.21 bits per heavy atom. The summed E-state index contributed by atoms with van der Waals surface area (Å²) in [7, 11) is 0. The lowest BCUT2D eigenvalue weighted by Crippen LogP contribution is -1.99. The van der Waals surface area contributed by atoms with Crippen LogP contribution in [0.15, 0.2) is 22.7 Å². The first-order valence-electron chi connectivity index (χ1n) is 3.73. The number of aromatic carboxylic acids is 1. The summed E-state index contributed by atoms with van der Waals surface area (Å²) in [5.41, 5.74) is 0.743.